The molecule has 3 rings (SSSR count). The molecule has 0 aliphatic carbocycles. The number of carbonyl (C=O) groups excluding carboxylic acids is 1. The van der Waals surface area contributed by atoms with Gasteiger partial charge in [0.2, 0.25) is 5.91 Å². The van der Waals surface area contributed by atoms with Gasteiger partial charge in [0.15, 0.2) is 5.82 Å². The van der Waals surface area contributed by atoms with Crippen molar-refractivity contribution in [3.05, 3.63) is 36.8 Å². The number of morpholine rings is 1. The second kappa shape index (κ2) is 6.74. The van der Waals surface area contributed by atoms with E-state index >= 15 is 0 Å². The second-order valence-electron chi connectivity index (χ2n) is 5.59. The van der Waals surface area contributed by atoms with Gasteiger partial charge in [-0.1, -0.05) is 0 Å². The van der Waals surface area contributed by atoms with Crippen LogP contribution in [-0.4, -0.2) is 64.1 Å². The summed E-state index contributed by atoms with van der Waals surface area (Å²) in [6, 6.07) is 0. The Morgan fingerprint density at radius 3 is 2.91 bits per heavy atom. The van der Waals surface area contributed by atoms with Crippen LogP contribution in [-0.2, 0) is 16.1 Å². The van der Waals surface area contributed by atoms with E-state index in [-0.39, 0.29) is 18.6 Å². The first kappa shape index (κ1) is 15.4. The van der Waals surface area contributed by atoms with Gasteiger partial charge in [0.1, 0.15) is 18.3 Å². The molecule has 8 nitrogen and oxygen atoms in total. The van der Waals surface area contributed by atoms with Crippen LogP contribution in [0.1, 0.15) is 11.8 Å². The molecule has 122 valence electrons. The number of aromatic nitrogens is 4. The number of hydrogen-bond donors (Lipinski definition) is 0. The predicted molar refractivity (Wildman–Crippen MR) is 83.9 cm³/mol. The monoisotopic (exact) mass is 316 g/mol. The fraction of sp³-hybridized carbons (Fsp3) is 0.467. The highest BCUT2D eigenvalue weighted by atomic mass is 16.5. The fourth-order valence-corrected chi connectivity index (χ4v) is 2.59. The zero-order valence-corrected chi connectivity index (χ0v) is 13.3. The Kier molecular flexibility index (Phi) is 4.52. The number of anilines is 1. The first-order valence-corrected chi connectivity index (χ1v) is 7.48. The lowest BCUT2D eigenvalue weighted by molar-refractivity contribution is -0.139. The van der Waals surface area contributed by atoms with Crippen LogP contribution in [0.5, 0.6) is 0 Å². The zero-order valence-electron chi connectivity index (χ0n) is 13.3. The third-order valence-electron chi connectivity index (χ3n) is 3.73. The highest BCUT2D eigenvalue weighted by molar-refractivity contribution is 5.76. The predicted octanol–water partition coefficient (Wildman–Crippen LogP) is 0.339. The van der Waals surface area contributed by atoms with Crippen LogP contribution in [0.4, 0.5) is 5.82 Å². The van der Waals surface area contributed by atoms with Crippen LogP contribution in [0.25, 0.3) is 0 Å². The molecule has 0 bridgehead atoms. The molecular weight excluding hydrogens is 296 g/mol. The molecule has 0 radical (unpaired) electrons. The molecule has 2 aromatic heterocycles. The summed E-state index contributed by atoms with van der Waals surface area (Å²) in [6.07, 6.45) is 8.13. The van der Waals surface area contributed by atoms with Gasteiger partial charge in [-0.2, -0.15) is 0 Å². The van der Waals surface area contributed by atoms with Crippen molar-refractivity contribution in [2.24, 2.45) is 0 Å². The molecule has 3 heterocycles. The first-order valence-electron chi connectivity index (χ1n) is 7.48. The van der Waals surface area contributed by atoms with Crippen molar-refractivity contribution in [2.75, 3.05) is 38.7 Å². The van der Waals surface area contributed by atoms with E-state index in [1.807, 2.05) is 23.9 Å². The number of rotatable bonds is 4. The van der Waals surface area contributed by atoms with Crippen molar-refractivity contribution < 1.29 is 9.53 Å². The van der Waals surface area contributed by atoms with Crippen molar-refractivity contribution >= 4 is 11.7 Å². The van der Waals surface area contributed by atoms with Gasteiger partial charge in [-0.25, -0.2) is 9.97 Å². The molecule has 0 N–H and O–H groups in total. The van der Waals surface area contributed by atoms with Crippen molar-refractivity contribution in [2.45, 2.75) is 12.6 Å². The number of ether oxygens (including phenoxy) is 1. The zero-order chi connectivity index (χ0) is 16.2. The Morgan fingerprint density at radius 1 is 1.35 bits per heavy atom. The smallest absolute Gasteiger partial charge is 0.242 e. The molecule has 1 fully saturated rings. The minimum Gasteiger partial charge on any atom is -0.368 e. The maximum absolute atomic E-state index is 12.4. The summed E-state index contributed by atoms with van der Waals surface area (Å²) in [5, 5.41) is 0. The van der Waals surface area contributed by atoms with Gasteiger partial charge >= 0.3 is 0 Å². The maximum Gasteiger partial charge on any atom is 0.242 e. The number of hydrogen-bond acceptors (Lipinski definition) is 6. The van der Waals surface area contributed by atoms with Crippen molar-refractivity contribution in [3.63, 3.8) is 0 Å². The minimum absolute atomic E-state index is 0.0478. The molecule has 1 aliphatic heterocycles. The van der Waals surface area contributed by atoms with Crippen LogP contribution < -0.4 is 4.90 Å². The van der Waals surface area contributed by atoms with E-state index in [9.17, 15) is 4.79 Å². The molecule has 1 atom stereocenters. The first-order chi connectivity index (χ1) is 11.1. The van der Waals surface area contributed by atoms with E-state index < -0.39 is 0 Å². The molecule has 23 heavy (non-hydrogen) atoms. The standard InChI is InChI=1S/C15H20N6O2/c1-19(2)15-14(17-3-4-18-15)12-9-21(7-8-23-12)13(22)10-20-6-5-16-11-20/h3-6,11-12H,7-10H2,1-2H3/t12-/m1/s1. The summed E-state index contributed by atoms with van der Waals surface area (Å²) < 4.78 is 7.59. The summed E-state index contributed by atoms with van der Waals surface area (Å²) in [4.78, 5) is 28.9. The average molecular weight is 316 g/mol. The summed E-state index contributed by atoms with van der Waals surface area (Å²) in [7, 11) is 3.83. The maximum atomic E-state index is 12.4. The summed E-state index contributed by atoms with van der Waals surface area (Å²) >= 11 is 0. The third-order valence-corrected chi connectivity index (χ3v) is 3.73. The summed E-state index contributed by atoms with van der Waals surface area (Å²) in [5.41, 5.74) is 0.762. The molecule has 2 aromatic rings. The normalized spacial score (nSPS) is 18.0. The molecule has 1 amide bonds. The molecule has 0 unspecified atom stereocenters. The number of amides is 1. The largest absolute Gasteiger partial charge is 0.368 e. The highest BCUT2D eigenvalue weighted by Crippen LogP contribution is 2.26. The molecule has 1 aliphatic rings. The summed E-state index contributed by atoms with van der Waals surface area (Å²) in [5.74, 6) is 0.813. The van der Waals surface area contributed by atoms with Crippen molar-refractivity contribution in [1.29, 1.82) is 0 Å². The molecule has 0 aromatic carbocycles. The number of imidazole rings is 1. The lowest BCUT2D eigenvalue weighted by atomic mass is 10.2. The lowest BCUT2D eigenvalue weighted by Crippen LogP contribution is -2.44. The number of carbonyl (C=O) groups is 1. The average Bonchev–Trinajstić information content (AvgIpc) is 3.08. The Balaban J connectivity index is 1.72. The van der Waals surface area contributed by atoms with Crippen LogP contribution in [0.3, 0.4) is 0 Å². The van der Waals surface area contributed by atoms with E-state index in [0.29, 0.717) is 19.7 Å². The highest BCUT2D eigenvalue weighted by Gasteiger charge is 2.28. The lowest BCUT2D eigenvalue weighted by Gasteiger charge is -2.33. The SMILES string of the molecule is CN(C)c1nccnc1[C@H]1CN(C(=O)Cn2ccnc2)CCO1. The van der Waals surface area contributed by atoms with E-state index in [4.69, 9.17) is 4.74 Å². The second-order valence-corrected chi connectivity index (χ2v) is 5.59. The van der Waals surface area contributed by atoms with Crippen LogP contribution in [0.2, 0.25) is 0 Å². The van der Waals surface area contributed by atoms with Crippen LogP contribution in [0, 0.1) is 0 Å². The van der Waals surface area contributed by atoms with Crippen LogP contribution >= 0.6 is 0 Å². The van der Waals surface area contributed by atoms with Gasteiger partial charge in [-0.05, 0) is 0 Å². The topological polar surface area (TPSA) is 76.4 Å². The van der Waals surface area contributed by atoms with E-state index in [1.54, 1.807) is 35.7 Å². The Labute approximate surface area is 134 Å². The fourth-order valence-electron chi connectivity index (χ4n) is 2.59. The quantitative estimate of drug-likeness (QED) is 0.809. The number of nitrogens with zero attached hydrogens (tertiary/aromatic N) is 6. The van der Waals surface area contributed by atoms with Gasteiger partial charge in [0, 0.05) is 45.4 Å². The Hall–Kier alpha value is -2.48. The van der Waals surface area contributed by atoms with Gasteiger partial charge < -0.3 is 19.1 Å². The van der Waals surface area contributed by atoms with Gasteiger partial charge in [0.05, 0.1) is 19.5 Å². The Bertz CT molecular complexity index is 658. The van der Waals surface area contributed by atoms with Gasteiger partial charge in [0.25, 0.3) is 0 Å². The van der Waals surface area contributed by atoms with E-state index in [0.717, 1.165) is 11.5 Å². The molecule has 0 spiro atoms. The Morgan fingerprint density at radius 2 is 2.17 bits per heavy atom. The van der Waals surface area contributed by atoms with Gasteiger partial charge in [-0.3, -0.25) is 9.78 Å². The van der Waals surface area contributed by atoms with Crippen molar-refractivity contribution in [3.8, 4) is 0 Å². The van der Waals surface area contributed by atoms with Gasteiger partial charge in [-0.15, -0.1) is 0 Å². The molecule has 8 heteroatoms. The molecule has 1 saturated heterocycles. The molecular formula is C15H20N6O2. The third kappa shape index (κ3) is 3.48. The van der Waals surface area contributed by atoms with E-state index in [1.165, 1.54) is 0 Å². The van der Waals surface area contributed by atoms with Crippen LogP contribution in [0.15, 0.2) is 31.1 Å². The summed E-state index contributed by atoms with van der Waals surface area (Å²) in [6.45, 7) is 1.84. The van der Waals surface area contributed by atoms with E-state index in [2.05, 4.69) is 15.0 Å². The minimum atomic E-state index is -0.262. The molecule has 0 saturated carbocycles. The van der Waals surface area contributed by atoms with Crippen molar-refractivity contribution in [1.82, 2.24) is 24.4 Å².